The molecule has 0 aliphatic carbocycles. The van der Waals surface area contributed by atoms with Gasteiger partial charge in [-0.15, -0.1) is 0 Å². The van der Waals surface area contributed by atoms with Crippen LogP contribution in [0.3, 0.4) is 0 Å². The number of nitrogens with two attached hydrogens (primary N) is 1. The van der Waals surface area contributed by atoms with Crippen LogP contribution in [-0.4, -0.2) is 40.5 Å². The number of piperidine rings is 1. The number of likely N-dealkylation sites (tertiary alicyclic amines) is 1. The van der Waals surface area contributed by atoms with Gasteiger partial charge in [0.2, 0.25) is 5.95 Å². The SMILES string of the molecule is CCCN1CCC(Nc2nc(N)ncc2F)CC1. The van der Waals surface area contributed by atoms with Crippen molar-refractivity contribution < 1.29 is 4.39 Å². The Morgan fingerprint density at radius 2 is 2.22 bits per heavy atom. The highest BCUT2D eigenvalue weighted by atomic mass is 19.1. The molecule has 1 aromatic heterocycles. The molecule has 0 unspecified atom stereocenters. The van der Waals surface area contributed by atoms with E-state index in [-0.39, 0.29) is 17.8 Å². The fourth-order valence-corrected chi connectivity index (χ4v) is 2.29. The summed E-state index contributed by atoms with van der Waals surface area (Å²) in [6.07, 6.45) is 4.29. The Bertz CT molecular complexity index is 390. The van der Waals surface area contributed by atoms with Gasteiger partial charge in [-0.3, -0.25) is 0 Å². The predicted octanol–water partition coefficient (Wildman–Crippen LogP) is 1.48. The van der Waals surface area contributed by atoms with E-state index in [2.05, 4.69) is 27.1 Å². The number of nitrogens with zero attached hydrogens (tertiary/aromatic N) is 3. The molecular weight excluding hydrogens is 233 g/mol. The number of halogens is 1. The molecular formula is C12H20FN5. The summed E-state index contributed by atoms with van der Waals surface area (Å²) in [5.74, 6) is -0.126. The zero-order valence-electron chi connectivity index (χ0n) is 10.7. The van der Waals surface area contributed by atoms with Crippen molar-refractivity contribution in [1.82, 2.24) is 14.9 Å². The highest BCUT2D eigenvalue weighted by Crippen LogP contribution is 2.17. The second-order valence-electron chi connectivity index (χ2n) is 4.68. The van der Waals surface area contributed by atoms with Crippen molar-refractivity contribution in [2.75, 3.05) is 30.7 Å². The van der Waals surface area contributed by atoms with Gasteiger partial charge in [0.05, 0.1) is 6.20 Å². The van der Waals surface area contributed by atoms with Gasteiger partial charge in [-0.25, -0.2) is 9.37 Å². The minimum Gasteiger partial charge on any atom is -0.368 e. The number of hydrogen-bond donors (Lipinski definition) is 2. The van der Waals surface area contributed by atoms with Crippen LogP contribution in [0.25, 0.3) is 0 Å². The normalized spacial score (nSPS) is 17.9. The van der Waals surface area contributed by atoms with Crippen molar-refractivity contribution in [3.8, 4) is 0 Å². The predicted molar refractivity (Wildman–Crippen MR) is 69.8 cm³/mol. The van der Waals surface area contributed by atoms with Crippen LogP contribution in [0.2, 0.25) is 0 Å². The topological polar surface area (TPSA) is 67.1 Å². The summed E-state index contributed by atoms with van der Waals surface area (Å²) in [7, 11) is 0. The summed E-state index contributed by atoms with van der Waals surface area (Å²) < 4.78 is 13.5. The molecule has 6 heteroatoms. The van der Waals surface area contributed by atoms with E-state index in [1.165, 1.54) is 6.42 Å². The number of nitrogen functional groups attached to an aromatic ring is 1. The highest BCUT2D eigenvalue weighted by molar-refractivity contribution is 5.40. The Morgan fingerprint density at radius 1 is 1.50 bits per heavy atom. The Morgan fingerprint density at radius 3 is 2.89 bits per heavy atom. The van der Waals surface area contributed by atoms with Gasteiger partial charge in [0.1, 0.15) is 0 Å². The molecule has 1 aromatic rings. The standard InChI is InChI=1S/C12H20FN5/c1-2-5-18-6-3-9(4-7-18)16-11-10(13)8-15-12(14)17-11/h8-9H,2-7H2,1H3,(H3,14,15,16,17). The molecule has 1 aliphatic rings. The Labute approximate surface area is 107 Å². The molecule has 100 valence electrons. The lowest BCUT2D eigenvalue weighted by Crippen LogP contribution is -2.39. The minimum atomic E-state index is -0.444. The number of nitrogens with one attached hydrogen (secondary N) is 1. The van der Waals surface area contributed by atoms with E-state index >= 15 is 0 Å². The van der Waals surface area contributed by atoms with E-state index in [0.717, 1.165) is 38.7 Å². The smallest absolute Gasteiger partial charge is 0.222 e. The van der Waals surface area contributed by atoms with Gasteiger partial charge in [0.25, 0.3) is 0 Å². The van der Waals surface area contributed by atoms with E-state index in [1.807, 2.05) is 0 Å². The average Bonchev–Trinajstić information content (AvgIpc) is 2.37. The average molecular weight is 253 g/mol. The molecule has 0 saturated carbocycles. The van der Waals surface area contributed by atoms with Gasteiger partial charge in [-0.2, -0.15) is 4.98 Å². The molecule has 1 aliphatic heterocycles. The van der Waals surface area contributed by atoms with E-state index < -0.39 is 5.82 Å². The lowest BCUT2D eigenvalue weighted by atomic mass is 10.0. The molecule has 18 heavy (non-hydrogen) atoms. The third kappa shape index (κ3) is 3.29. The maximum atomic E-state index is 13.5. The minimum absolute atomic E-state index is 0.0994. The van der Waals surface area contributed by atoms with Gasteiger partial charge < -0.3 is 16.0 Å². The first-order valence-corrected chi connectivity index (χ1v) is 6.46. The van der Waals surface area contributed by atoms with Crippen molar-refractivity contribution in [2.24, 2.45) is 0 Å². The number of hydrogen-bond acceptors (Lipinski definition) is 5. The molecule has 0 amide bonds. The van der Waals surface area contributed by atoms with Gasteiger partial charge in [0, 0.05) is 19.1 Å². The Hall–Kier alpha value is -1.43. The van der Waals surface area contributed by atoms with E-state index in [1.54, 1.807) is 0 Å². The van der Waals surface area contributed by atoms with Gasteiger partial charge >= 0.3 is 0 Å². The molecule has 0 atom stereocenters. The van der Waals surface area contributed by atoms with Crippen LogP contribution in [-0.2, 0) is 0 Å². The van der Waals surface area contributed by atoms with Crippen LogP contribution in [0, 0.1) is 5.82 Å². The van der Waals surface area contributed by atoms with Crippen molar-refractivity contribution in [2.45, 2.75) is 32.2 Å². The molecule has 3 N–H and O–H groups in total. The molecule has 2 heterocycles. The van der Waals surface area contributed by atoms with Crippen LogP contribution in [0.15, 0.2) is 6.20 Å². The van der Waals surface area contributed by atoms with Crippen molar-refractivity contribution in [3.63, 3.8) is 0 Å². The fraction of sp³-hybridized carbons (Fsp3) is 0.667. The third-order valence-corrected chi connectivity index (χ3v) is 3.23. The summed E-state index contributed by atoms with van der Waals surface area (Å²) in [6, 6.07) is 0.266. The van der Waals surface area contributed by atoms with E-state index in [9.17, 15) is 4.39 Å². The maximum absolute atomic E-state index is 13.5. The molecule has 0 radical (unpaired) electrons. The second kappa shape index (κ2) is 5.95. The van der Waals surface area contributed by atoms with Crippen LogP contribution in [0.1, 0.15) is 26.2 Å². The Balaban J connectivity index is 1.89. The highest BCUT2D eigenvalue weighted by Gasteiger charge is 2.19. The van der Waals surface area contributed by atoms with E-state index in [4.69, 9.17) is 5.73 Å². The summed E-state index contributed by atoms with van der Waals surface area (Å²) >= 11 is 0. The molecule has 0 spiro atoms. The zero-order valence-corrected chi connectivity index (χ0v) is 10.7. The van der Waals surface area contributed by atoms with Crippen LogP contribution >= 0.6 is 0 Å². The molecule has 0 aromatic carbocycles. The first kappa shape index (κ1) is 13.0. The fourth-order valence-electron chi connectivity index (χ4n) is 2.29. The number of anilines is 2. The summed E-state index contributed by atoms with van der Waals surface area (Å²) in [6.45, 7) is 5.42. The first-order chi connectivity index (χ1) is 8.69. The summed E-state index contributed by atoms with van der Waals surface area (Å²) in [5.41, 5.74) is 5.46. The van der Waals surface area contributed by atoms with E-state index in [0.29, 0.717) is 0 Å². The lowest BCUT2D eigenvalue weighted by molar-refractivity contribution is 0.219. The quantitative estimate of drug-likeness (QED) is 0.851. The van der Waals surface area contributed by atoms with Crippen LogP contribution < -0.4 is 11.1 Å². The molecule has 2 rings (SSSR count). The monoisotopic (exact) mass is 253 g/mol. The van der Waals surface area contributed by atoms with Gasteiger partial charge in [-0.05, 0) is 25.8 Å². The first-order valence-electron chi connectivity index (χ1n) is 6.46. The van der Waals surface area contributed by atoms with Crippen LogP contribution in [0.5, 0.6) is 0 Å². The van der Waals surface area contributed by atoms with Crippen molar-refractivity contribution in [1.29, 1.82) is 0 Å². The summed E-state index contributed by atoms with van der Waals surface area (Å²) in [4.78, 5) is 9.93. The van der Waals surface area contributed by atoms with Crippen molar-refractivity contribution >= 4 is 11.8 Å². The molecule has 1 fully saturated rings. The maximum Gasteiger partial charge on any atom is 0.222 e. The van der Waals surface area contributed by atoms with Gasteiger partial charge in [0.15, 0.2) is 11.6 Å². The zero-order chi connectivity index (χ0) is 13.0. The van der Waals surface area contributed by atoms with Crippen molar-refractivity contribution in [3.05, 3.63) is 12.0 Å². The largest absolute Gasteiger partial charge is 0.368 e. The number of aromatic nitrogens is 2. The number of rotatable bonds is 4. The lowest BCUT2D eigenvalue weighted by Gasteiger charge is -2.32. The van der Waals surface area contributed by atoms with Crippen LogP contribution in [0.4, 0.5) is 16.2 Å². The van der Waals surface area contributed by atoms with Gasteiger partial charge in [-0.1, -0.05) is 6.92 Å². The second-order valence-corrected chi connectivity index (χ2v) is 4.68. The molecule has 0 bridgehead atoms. The summed E-state index contributed by atoms with van der Waals surface area (Å²) in [5, 5.41) is 3.12. The third-order valence-electron chi connectivity index (χ3n) is 3.23. The Kier molecular flexibility index (Phi) is 4.30. The molecule has 5 nitrogen and oxygen atoms in total. The molecule has 1 saturated heterocycles.